The normalized spacial score (nSPS) is 16.9. The molecule has 4 rings (SSSR count). The maximum Gasteiger partial charge on any atom is 0.255 e. The van der Waals surface area contributed by atoms with Crippen molar-refractivity contribution >= 4 is 33.4 Å². The first-order valence-corrected chi connectivity index (χ1v) is 10.1. The molecule has 1 aromatic heterocycles. The summed E-state index contributed by atoms with van der Waals surface area (Å²) in [6.45, 7) is 0.488. The van der Waals surface area contributed by atoms with Crippen LogP contribution in [-0.4, -0.2) is 34.8 Å². The second-order valence-corrected chi connectivity index (χ2v) is 7.88. The van der Waals surface area contributed by atoms with Crippen LogP contribution in [0, 0.1) is 0 Å². The van der Waals surface area contributed by atoms with E-state index < -0.39 is 5.91 Å². The molecule has 0 aliphatic carbocycles. The van der Waals surface area contributed by atoms with Gasteiger partial charge in [-0.1, -0.05) is 18.2 Å². The lowest BCUT2D eigenvalue weighted by Crippen LogP contribution is -2.38. The fraction of sp³-hybridized carbons (Fsp3) is 0.286. The van der Waals surface area contributed by atoms with Crippen LogP contribution < -0.4 is 10.5 Å². The van der Waals surface area contributed by atoms with E-state index in [0.29, 0.717) is 17.9 Å². The molecule has 7 heteroatoms. The highest BCUT2D eigenvalue weighted by molar-refractivity contribution is 7.18. The molecule has 1 saturated heterocycles. The summed E-state index contributed by atoms with van der Waals surface area (Å²) in [4.78, 5) is 30.9. The van der Waals surface area contributed by atoms with Gasteiger partial charge in [0.2, 0.25) is 0 Å². The minimum Gasteiger partial charge on any atom is -0.484 e. The molecule has 6 nitrogen and oxygen atoms in total. The van der Waals surface area contributed by atoms with E-state index in [9.17, 15) is 9.59 Å². The highest BCUT2D eigenvalue weighted by Crippen LogP contribution is 2.36. The van der Waals surface area contributed by atoms with Crippen LogP contribution in [0.15, 0.2) is 48.5 Å². The van der Waals surface area contributed by atoms with Gasteiger partial charge < -0.3 is 15.4 Å². The number of nitrogens with zero attached hydrogens (tertiary/aromatic N) is 2. The van der Waals surface area contributed by atoms with Crippen LogP contribution in [-0.2, 0) is 4.79 Å². The summed E-state index contributed by atoms with van der Waals surface area (Å²) in [7, 11) is 0. The van der Waals surface area contributed by atoms with Crippen LogP contribution in [0.2, 0.25) is 0 Å². The summed E-state index contributed by atoms with van der Waals surface area (Å²) in [5.74, 6) is -0.143. The molecule has 2 aromatic carbocycles. The number of fused-ring (bicyclic) bond motifs is 1. The predicted molar refractivity (Wildman–Crippen MR) is 108 cm³/mol. The molecule has 1 atom stereocenters. The van der Waals surface area contributed by atoms with Crippen molar-refractivity contribution in [1.29, 1.82) is 0 Å². The van der Waals surface area contributed by atoms with E-state index in [2.05, 4.69) is 6.07 Å². The fourth-order valence-corrected chi connectivity index (χ4v) is 4.62. The average Bonchev–Trinajstić information content (AvgIpc) is 3.16. The first-order valence-electron chi connectivity index (χ1n) is 9.29. The maximum absolute atomic E-state index is 13.2. The van der Waals surface area contributed by atoms with Crippen molar-refractivity contribution < 1.29 is 14.3 Å². The van der Waals surface area contributed by atoms with E-state index in [1.807, 2.05) is 23.1 Å². The lowest BCUT2D eigenvalue weighted by atomic mass is 10.0. The molecular weight excluding hydrogens is 374 g/mol. The lowest BCUT2D eigenvalue weighted by Gasteiger charge is -2.34. The third-order valence-corrected chi connectivity index (χ3v) is 5.96. The molecule has 2 N–H and O–H groups in total. The summed E-state index contributed by atoms with van der Waals surface area (Å²) < 4.78 is 6.48. The summed E-state index contributed by atoms with van der Waals surface area (Å²) in [5.41, 5.74) is 6.64. The molecule has 0 radical (unpaired) electrons. The number of nitrogens with two attached hydrogens (primary N) is 1. The van der Waals surface area contributed by atoms with Crippen molar-refractivity contribution in [3.63, 3.8) is 0 Å². The number of carbonyl (C=O) groups is 2. The molecule has 144 valence electrons. The van der Waals surface area contributed by atoms with E-state index in [1.54, 1.807) is 35.6 Å². The van der Waals surface area contributed by atoms with Gasteiger partial charge in [0.15, 0.2) is 6.61 Å². The maximum atomic E-state index is 13.2. The monoisotopic (exact) mass is 395 g/mol. The Balaban J connectivity index is 1.59. The number of carbonyl (C=O) groups excluding carboxylic acids is 2. The molecule has 2 heterocycles. The number of ether oxygens (including phenoxy) is 1. The molecule has 2 amide bonds. The highest BCUT2D eigenvalue weighted by Gasteiger charge is 2.31. The van der Waals surface area contributed by atoms with Gasteiger partial charge in [0, 0.05) is 12.1 Å². The molecule has 1 aliphatic heterocycles. The number of likely N-dealkylation sites (tertiary alicyclic amines) is 1. The topological polar surface area (TPSA) is 85.5 Å². The van der Waals surface area contributed by atoms with Gasteiger partial charge in [-0.3, -0.25) is 9.59 Å². The van der Waals surface area contributed by atoms with Gasteiger partial charge in [0.25, 0.3) is 11.8 Å². The van der Waals surface area contributed by atoms with Gasteiger partial charge in [0.1, 0.15) is 10.8 Å². The minimum absolute atomic E-state index is 0.0196. The quantitative estimate of drug-likeness (QED) is 0.716. The van der Waals surface area contributed by atoms with Gasteiger partial charge in [-0.15, -0.1) is 11.3 Å². The van der Waals surface area contributed by atoms with Gasteiger partial charge in [-0.25, -0.2) is 4.98 Å². The van der Waals surface area contributed by atoms with Crippen LogP contribution in [0.25, 0.3) is 10.2 Å². The molecule has 0 saturated carbocycles. The van der Waals surface area contributed by atoms with E-state index in [1.165, 1.54) is 0 Å². The predicted octanol–water partition coefficient (Wildman–Crippen LogP) is 3.53. The Labute approximate surface area is 166 Å². The Morgan fingerprint density at radius 3 is 2.86 bits per heavy atom. The molecule has 3 aromatic rings. The Morgan fingerprint density at radius 1 is 1.18 bits per heavy atom. The number of para-hydroxylation sites is 1. The number of primary amides is 1. The van der Waals surface area contributed by atoms with E-state index >= 15 is 0 Å². The minimum atomic E-state index is -0.552. The highest BCUT2D eigenvalue weighted by atomic mass is 32.1. The Morgan fingerprint density at radius 2 is 2.04 bits per heavy atom. The van der Waals surface area contributed by atoms with Crippen LogP contribution in [0.1, 0.15) is 40.7 Å². The number of rotatable bonds is 5. The van der Waals surface area contributed by atoms with Crippen molar-refractivity contribution in [3.8, 4) is 5.75 Å². The number of amides is 2. The van der Waals surface area contributed by atoms with Crippen molar-refractivity contribution in [3.05, 3.63) is 59.1 Å². The Kier molecular flexibility index (Phi) is 5.25. The van der Waals surface area contributed by atoms with Crippen molar-refractivity contribution in [2.24, 2.45) is 5.73 Å². The van der Waals surface area contributed by atoms with Crippen LogP contribution in [0.5, 0.6) is 5.75 Å². The number of hydrogen-bond donors (Lipinski definition) is 1. The van der Waals surface area contributed by atoms with Gasteiger partial charge >= 0.3 is 0 Å². The van der Waals surface area contributed by atoms with Crippen molar-refractivity contribution in [1.82, 2.24) is 9.88 Å². The molecule has 0 bridgehead atoms. The van der Waals surface area contributed by atoms with E-state index in [4.69, 9.17) is 15.5 Å². The van der Waals surface area contributed by atoms with E-state index in [-0.39, 0.29) is 18.6 Å². The smallest absolute Gasteiger partial charge is 0.255 e. The molecule has 0 spiro atoms. The first-order chi connectivity index (χ1) is 13.6. The molecule has 1 aliphatic rings. The first kappa shape index (κ1) is 18.4. The van der Waals surface area contributed by atoms with Crippen LogP contribution in [0.3, 0.4) is 0 Å². The van der Waals surface area contributed by atoms with Gasteiger partial charge in [-0.2, -0.15) is 0 Å². The van der Waals surface area contributed by atoms with Crippen molar-refractivity contribution in [2.45, 2.75) is 25.3 Å². The zero-order chi connectivity index (χ0) is 19.5. The number of aromatic nitrogens is 1. The third-order valence-electron chi connectivity index (χ3n) is 4.82. The molecule has 28 heavy (non-hydrogen) atoms. The SMILES string of the molecule is NC(=O)COc1cccc(C(=O)N2CCCCC2c2nc3ccccc3s2)c1. The van der Waals surface area contributed by atoms with E-state index in [0.717, 1.165) is 34.5 Å². The zero-order valence-corrected chi connectivity index (χ0v) is 16.2. The summed E-state index contributed by atoms with van der Waals surface area (Å²) in [5, 5.41) is 0.982. The second-order valence-electron chi connectivity index (χ2n) is 6.81. The summed E-state index contributed by atoms with van der Waals surface area (Å²) >= 11 is 1.65. The average molecular weight is 395 g/mol. The number of benzene rings is 2. The zero-order valence-electron chi connectivity index (χ0n) is 15.3. The molecule has 1 fully saturated rings. The Hall–Kier alpha value is -2.93. The number of hydrogen-bond acceptors (Lipinski definition) is 5. The summed E-state index contributed by atoms with van der Waals surface area (Å²) in [6.07, 6.45) is 2.96. The van der Waals surface area contributed by atoms with Crippen molar-refractivity contribution in [2.75, 3.05) is 13.2 Å². The van der Waals surface area contributed by atoms with Gasteiger partial charge in [0.05, 0.1) is 16.3 Å². The fourth-order valence-electron chi connectivity index (χ4n) is 3.50. The van der Waals surface area contributed by atoms with Crippen LogP contribution in [0.4, 0.5) is 0 Å². The Bertz CT molecular complexity index is 984. The number of piperidine rings is 1. The largest absolute Gasteiger partial charge is 0.484 e. The van der Waals surface area contributed by atoms with Gasteiger partial charge in [-0.05, 0) is 49.6 Å². The lowest BCUT2D eigenvalue weighted by molar-refractivity contribution is -0.119. The standard InChI is InChI=1S/C21H21N3O3S/c22-19(25)13-27-15-7-5-6-14(12-15)21(26)24-11-4-3-9-17(24)20-23-16-8-1-2-10-18(16)28-20/h1-2,5-8,10,12,17H,3-4,9,11,13H2,(H2,22,25). The summed E-state index contributed by atoms with van der Waals surface area (Å²) in [6, 6.07) is 14.9. The molecular formula is C21H21N3O3S. The third kappa shape index (κ3) is 3.84. The molecule has 1 unspecified atom stereocenters. The van der Waals surface area contributed by atoms with Crippen LogP contribution >= 0.6 is 11.3 Å². The number of thiazole rings is 1. The second kappa shape index (κ2) is 7.98.